The number of carbonyl (C=O) groups excluding carboxylic acids is 1. The van der Waals surface area contributed by atoms with Gasteiger partial charge in [0.05, 0.1) is 6.54 Å². The third-order valence-corrected chi connectivity index (χ3v) is 4.77. The van der Waals surface area contributed by atoms with Gasteiger partial charge < -0.3 is 15.1 Å². The van der Waals surface area contributed by atoms with Gasteiger partial charge in [0.25, 0.3) is 0 Å². The molecule has 2 heterocycles. The third-order valence-electron chi connectivity index (χ3n) is 4.77. The lowest BCUT2D eigenvalue weighted by molar-refractivity contribution is -0.129. The number of hydrogen-bond acceptors (Lipinski definition) is 5. The van der Waals surface area contributed by atoms with E-state index in [9.17, 15) is 4.79 Å². The summed E-state index contributed by atoms with van der Waals surface area (Å²) < 4.78 is 0. The minimum absolute atomic E-state index is 0.111. The van der Waals surface area contributed by atoms with Crippen molar-refractivity contribution in [3.63, 3.8) is 0 Å². The van der Waals surface area contributed by atoms with Crippen molar-refractivity contribution in [1.82, 2.24) is 14.9 Å². The summed E-state index contributed by atoms with van der Waals surface area (Å²) in [7, 11) is 1.83. The maximum absolute atomic E-state index is 11.9. The number of piperazine rings is 1. The molecule has 0 bridgehead atoms. The van der Waals surface area contributed by atoms with E-state index in [1.807, 2.05) is 24.1 Å². The van der Waals surface area contributed by atoms with Gasteiger partial charge in [0.2, 0.25) is 5.91 Å². The number of amides is 1. The van der Waals surface area contributed by atoms with Crippen LogP contribution >= 0.6 is 0 Å². The highest BCUT2D eigenvalue weighted by molar-refractivity contribution is 5.86. The zero-order chi connectivity index (χ0) is 17.9. The zero-order valence-electron chi connectivity index (χ0n) is 14.7. The molecule has 2 aromatic carbocycles. The zero-order valence-corrected chi connectivity index (χ0v) is 14.7. The number of hydrogen-bond donors (Lipinski definition) is 1. The topological polar surface area (TPSA) is 61.4 Å². The van der Waals surface area contributed by atoms with Gasteiger partial charge in [-0.1, -0.05) is 42.5 Å². The molecule has 6 nitrogen and oxygen atoms in total. The molecule has 1 N–H and O–H groups in total. The van der Waals surface area contributed by atoms with Crippen LogP contribution in [0.4, 0.5) is 11.6 Å². The van der Waals surface area contributed by atoms with Gasteiger partial charge in [-0.05, 0) is 16.3 Å². The molecule has 0 atom stereocenters. The minimum Gasteiger partial charge on any atom is -0.366 e. The van der Waals surface area contributed by atoms with Crippen LogP contribution in [0.25, 0.3) is 10.8 Å². The SMILES string of the molecule is CN1CCN(c2cc(NCc3cccc4ccccc34)ncn2)CC1=O. The first-order valence-electron chi connectivity index (χ1n) is 8.72. The first kappa shape index (κ1) is 16.3. The number of benzene rings is 2. The molecular weight excluding hydrogens is 326 g/mol. The minimum atomic E-state index is 0.111. The second kappa shape index (κ2) is 7.00. The first-order valence-corrected chi connectivity index (χ1v) is 8.72. The highest BCUT2D eigenvalue weighted by Crippen LogP contribution is 2.21. The van der Waals surface area contributed by atoms with Gasteiger partial charge in [-0.25, -0.2) is 9.97 Å². The van der Waals surface area contributed by atoms with Crippen LogP contribution in [0.2, 0.25) is 0 Å². The highest BCUT2D eigenvalue weighted by Gasteiger charge is 2.22. The van der Waals surface area contributed by atoms with Crippen molar-refractivity contribution in [2.24, 2.45) is 0 Å². The van der Waals surface area contributed by atoms with E-state index in [1.54, 1.807) is 11.2 Å². The number of aromatic nitrogens is 2. The molecule has 1 aliphatic heterocycles. The number of likely N-dealkylation sites (N-methyl/N-ethyl adjacent to an activating group) is 1. The molecule has 0 saturated carbocycles. The average Bonchev–Trinajstić information content (AvgIpc) is 2.68. The van der Waals surface area contributed by atoms with Crippen molar-refractivity contribution >= 4 is 28.3 Å². The molecule has 0 aliphatic carbocycles. The lowest BCUT2D eigenvalue weighted by atomic mass is 10.0. The number of fused-ring (bicyclic) bond motifs is 1. The van der Waals surface area contributed by atoms with E-state index in [4.69, 9.17) is 0 Å². The maximum atomic E-state index is 11.9. The number of carbonyl (C=O) groups is 1. The Bertz CT molecular complexity index is 937. The molecule has 4 rings (SSSR count). The van der Waals surface area contributed by atoms with Gasteiger partial charge in [0, 0.05) is 32.7 Å². The van der Waals surface area contributed by atoms with Crippen molar-refractivity contribution in [1.29, 1.82) is 0 Å². The molecule has 1 amide bonds. The first-order chi connectivity index (χ1) is 12.7. The van der Waals surface area contributed by atoms with E-state index in [0.29, 0.717) is 19.6 Å². The quantitative estimate of drug-likeness (QED) is 0.786. The fraction of sp³-hybridized carbons (Fsp3) is 0.250. The molecule has 1 saturated heterocycles. The Balaban J connectivity index is 1.50. The Morgan fingerprint density at radius 3 is 2.81 bits per heavy atom. The maximum Gasteiger partial charge on any atom is 0.241 e. The van der Waals surface area contributed by atoms with E-state index < -0.39 is 0 Å². The van der Waals surface area contributed by atoms with Gasteiger partial charge in [0.1, 0.15) is 18.0 Å². The molecule has 0 spiro atoms. The number of rotatable bonds is 4. The fourth-order valence-electron chi connectivity index (χ4n) is 3.20. The van der Waals surface area contributed by atoms with Crippen LogP contribution in [-0.2, 0) is 11.3 Å². The predicted octanol–water partition coefficient (Wildman–Crippen LogP) is 2.52. The predicted molar refractivity (Wildman–Crippen MR) is 103 cm³/mol. The van der Waals surface area contributed by atoms with E-state index in [2.05, 4.69) is 51.7 Å². The van der Waals surface area contributed by atoms with Crippen LogP contribution in [-0.4, -0.2) is 47.5 Å². The summed E-state index contributed by atoms with van der Waals surface area (Å²) in [6.45, 7) is 2.53. The fourth-order valence-corrected chi connectivity index (χ4v) is 3.20. The summed E-state index contributed by atoms with van der Waals surface area (Å²) in [5.41, 5.74) is 1.22. The number of nitrogens with zero attached hydrogens (tertiary/aromatic N) is 4. The molecule has 1 aromatic heterocycles. The van der Waals surface area contributed by atoms with Gasteiger partial charge in [-0.2, -0.15) is 0 Å². The second-order valence-corrected chi connectivity index (χ2v) is 6.49. The lowest BCUT2D eigenvalue weighted by Crippen LogP contribution is -2.48. The molecule has 1 fully saturated rings. The van der Waals surface area contributed by atoms with Crippen LogP contribution < -0.4 is 10.2 Å². The van der Waals surface area contributed by atoms with Gasteiger partial charge >= 0.3 is 0 Å². The Hall–Kier alpha value is -3.15. The standard InChI is InChI=1S/C20H21N5O/c1-24-9-10-25(13-20(24)26)19-11-18(22-14-23-19)21-12-16-7-4-6-15-5-2-3-8-17(15)16/h2-8,11,14H,9-10,12-13H2,1H3,(H,21,22,23). The van der Waals surface area contributed by atoms with E-state index in [-0.39, 0.29) is 5.91 Å². The summed E-state index contributed by atoms with van der Waals surface area (Å²) in [5, 5.41) is 5.84. The molecule has 6 heteroatoms. The Labute approximate surface area is 152 Å². The summed E-state index contributed by atoms with van der Waals surface area (Å²) >= 11 is 0. The van der Waals surface area contributed by atoms with Gasteiger partial charge in [-0.15, -0.1) is 0 Å². The molecule has 3 aromatic rings. The van der Waals surface area contributed by atoms with Crippen LogP contribution in [0.1, 0.15) is 5.56 Å². The molecule has 26 heavy (non-hydrogen) atoms. The van der Waals surface area contributed by atoms with Crippen LogP contribution in [0.3, 0.4) is 0 Å². The highest BCUT2D eigenvalue weighted by atomic mass is 16.2. The van der Waals surface area contributed by atoms with Gasteiger partial charge in [-0.3, -0.25) is 4.79 Å². The van der Waals surface area contributed by atoms with Crippen LogP contribution in [0.15, 0.2) is 54.9 Å². The van der Waals surface area contributed by atoms with Crippen molar-refractivity contribution in [2.45, 2.75) is 6.54 Å². The van der Waals surface area contributed by atoms with Gasteiger partial charge in [0.15, 0.2) is 0 Å². The summed E-state index contributed by atoms with van der Waals surface area (Å²) in [4.78, 5) is 24.3. The van der Waals surface area contributed by atoms with Crippen LogP contribution in [0.5, 0.6) is 0 Å². The van der Waals surface area contributed by atoms with E-state index in [1.165, 1.54) is 16.3 Å². The molecule has 0 radical (unpaired) electrons. The normalized spacial score (nSPS) is 14.7. The molecule has 132 valence electrons. The van der Waals surface area contributed by atoms with Crippen molar-refractivity contribution in [3.05, 3.63) is 60.4 Å². The van der Waals surface area contributed by atoms with Crippen molar-refractivity contribution in [3.8, 4) is 0 Å². The Kier molecular flexibility index (Phi) is 4.39. The third kappa shape index (κ3) is 3.31. The number of nitrogens with one attached hydrogen (secondary N) is 1. The summed E-state index contributed by atoms with van der Waals surface area (Å²) in [5.74, 6) is 1.65. The lowest BCUT2D eigenvalue weighted by Gasteiger charge is -2.32. The van der Waals surface area contributed by atoms with E-state index in [0.717, 1.165) is 18.2 Å². The smallest absolute Gasteiger partial charge is 0.241 e. The summed E-state index contributed by atoms with van der Waals surface area (Å²) in [6, 6.07) is 16.6. The Morgan fingerprint density at radius 1 is 1.08 bits per heavy atom. The largest absolute Gasteiger partial charge is 0.366 e. The summed E-state index contributed by atoms with van der Waals surface area (Å²) in [6.07, 6.45) is 1.55. The number of anilines is 2. The molecule has 0 unspecified atom stereocenters. The molecule has 1 aliphatic rings. The van der Waals surface area contributed by atoms with Crippen LogP contribution in [0, 0.1) is 0 Å². The van der Waals surface area contributed by atoms with Crippen molar-refractivity contribution < 1.29 is 4.79 Å². The average molecular weight is 347 g/mol. The monoisotopic (exact) mass is 347 g/mol. The molecular formula is C20H21N5O. The van der Waals surface area contributed by atoms with E-state index >= 15 is 0 Å². The van der Waals surface area contributed by atoms with Crippen molar-refractivity contribution in [2.75, 3.05) is 36.9 Å². The second-order valence-electron chi connectivity index (χ2n) is 6.49. The Morgan fingerprint density at radius 2 is 1.92 bits per heavy atom.